The van der Waals surface area contributed by atoms with Crippen LogP contribution in [0.2, 0.25) is 0 Å². The highest BCUT2D eigenvalue weighted by atomic mass is 16.5. The number of rotatable bonds is 7. The summed E-state index contributed by atoms with van der Waals surface area (Å²) in [5, 5.41) is 2.98. The van der Waals surface area contributed by atoms with Gasteiger partial charge in [0.05, 0.1) is 14.2 Å². The zero-order valence-corrected chi connectivity index (χ0v) is 14.1. The van der Waals surface area contributed by atoms with E-state index in [2.05, 4.69) is 17.4 Å². The normalized spacial score (nSPS) is 14.8. The molecule has 0 saturated heterocycles. The lowest BCUT2D eigenvalue weighted by Crippen LogP contribution is -2.16. The van der Waals surface area contributed by atoms with E-state index in [4.69, 9.17) is 9.47 Å². The Kier molecular flexibility index (Phi) is 5.04. The lowest BCUT2D eigenvalue weighted by Gasteiger charge is -2.17. The first-order valence-electron chi connectivity index (χ1n) is 8.27. The molecule has 24 heavy (non-hydrogen) atoms. The quantitative estimate of drug-likeness (QED) is 0.829. The number of methoxy groups -OCH3 is 2. The first-order valence-corrected chi connectivity index (χ1v) is 8.27. The third kappa shape index (κ3) is 4.07. The summed E-state index contributed by atoms with van der Waals surface area (Å²) in [6, 6.07) is 15.5. The van der Waals surface area contributed by atoms with Gasteiger partial charge in [-0.15, -0.1) is 0 Å². The first kappa shape index (κ1) is 16.4. The van der Waals surface area contributed by atoms with E-state index in [1.165, 1.54) is 18.4 Å². The van der Waals surface area contributed by atoms with E-state index < -0.39 is 0 Å². The van der Waals surface area contributed by atoms with E-state index >= 15 is 0 Å². The highest BCUT2D eigenvalue weighted by Crippen LogP contribution is 2.44. The van der Waals surface area contributed by atoms with Crippen molar-refractivity contribution >= 4 is 11.6 Å². The Morgan fingerprint density at radius 1 is 1.00 bits per heavy atom. The molecule has 1 aliphatic carbocycles. The third-order valence-corrected chi connectivity index (χ3v) is 4.51. The SMILES string of the molecule is COc1ccc(NC(=O)CC(c2ccc(OC)cc2)C2CC2)cc1. The van der Waals surface area contributed by atoms with Crippen LogP contribution in [-0.4, -0.2) is 20.1 Å². The van der Waals surface area contributed by atoms with Gasteiger partial charge in [-0.1, -0.05) is 12.1 Å². The smallest absolute Gasteiger partial charge is 0.224 e. The fourth-order valence-corrected chi connectivity index (χ4v) is 2.99. The van der Waals surface area contributed by atoms with E-state index in [9.17, 15) is 4.79 Å². The van der Waals surface area contributed by atoms with Gasteiger partial charge in [-0.3, -0.25) is 4.79 Å². The lowest BCUT2D eigenvalue weighted by molar-refractivity contribution is -0.116. The zero-order chi connectivity index (χ0) is 16.9. The molecule has 126 valence electrons. The second-order valence-corrected chi connectivity index (χ2v) is 6.20. The molecule has 4 nitrogen and oxygen atoms in total. The van der Waals surface area contributed by atoms with E-state index in [1.807, 2.05) is 36.4 Å². The van der Waals surface area contributed by atoms with Gasteiger partial charge in [0.2, 0.25) is 5.91 Å². The van der Waals surface area contributed by atoms with Crippen molar-refractivity contribution in [3.63, 3.8) is 0 Å². The summed E-state index contributed by atoms with van der Waals surface area (Å²) >= 11 is 0. The maximum Gasteiger partial charge on any atom is 0.224 e. The van der Waals surface area contributed by atoms with Crippen LogP contribution in [0.3, 0.4) is 0 Å². The summed E-state index contributed by atoms with van der Waals surface area (Å²) in [7, 11) is 3.29. The van der Waals surface area contributed by atoms with Crippen molar-refractivity contribution in [3.05, 3.63) is 54.1 Å². The highest BCUT2D eigenvalue weighted by molar-refractivity contribution is 5.91. The Labute approximate surface area is 142 Å². The minimum absolute atomic E-state index is 0.0490. The molecule has 1 aliphatic rings. The minimum Gasteiger partial charge on any atom is -0.497 e. The number of hydrogen-bond donors (Lipinski definition) is 1. The fourth-order valence-electron chi connectivity index (χ4n) is 2.99. The average molecular weight is 325 g/mol. The fraction of sp³-hybridized carbons (Fsp3) is 0.350. The van der Waals surface area contributed by atoms with Crippen molar-refractivity contribution in [1.82, 2.24) is 0 Å². The largest absolute Gasteiger partial charge is 0.497 e. The molecule has 0 radical (unpaired) electrons. The van der Waals surface area contributed by atoms with Gasteiger partial charge in [-0.25, -0.2) is 0 Å². The number of amides is 1. The number of ether oxygens (including phenoxy) is 2. The minimum atomic E-state index is 0.0490. The second kappa shape index (κ2) is 7.39. The predicted molar refractivity (Wildman–Crippen MR) is 94.7 cm³/mol. The van der Waals surface area contributed by atoms with Crippen molar-refractivity contribution in [1.29, 1.82) is 0 Å². The van der Waals surface area contributed by atoms with Crippen LogP contribution in [0.5, 0.6) is 11.5 Å². The summed E-state index contributed by atoms with van der Waals surface area (Å²) in [6.07, 6.45) is 2.90. The zero-order valence-electron chi connectivity index (χ0n) is 14.1. The molecule has 1 N–H and O–H groups in total. The molecule has 1 unspecified atom stereocenters. The standard InChI is InChI=1S/C20H23NO3/c1-23-17-9-5-15(6-10-17)19(14-3-4-14)13-20(22)21-16-7-11-18(24-2)12-8-16/h5-12,14,19H,3-4,13H2,1-2H3,(H,21,22). The topological polar surface area (TPSA) is 47.6 Å². The Hall–Kier alpha value is -2.49. The van der Waals surface area contributed by atoms with E-state index in [0.717, 1.165) is 17.2 Å². The van der Waals surface area contributed by atoms with Gasteiger partial charge in [0.1, 0.15) is 11.5 Å². The number of carbonyl (C=O) groups excluding carboxylic acids is 1. The maximum atomic E-state index is 12.4. The molecule has 4 heteroatoms. The third-order valence-electron chi connectivity index (χ3n) is 4.51. The van der Waals surface area contributed by atoms with E-state index in [-0.39, 0.29) is 11.8 Å². The van der Waals surface area contributed by atoms with Gasteiger partial charge in [0.15, 0.2) is 0 Å². The molecule has 3 rings (SSSR count). The number of anilines is 1. The van der Waals surface area contributed by atoms with Crippen LogP contribution in [0.4, 0.5) is 5.69 Å². The second-order valence-electron chi connectivity index (χ2n) is 6.20. The summed E-state index contributed by atoms with van der Waals surface area (Å²) in [6.45, 7) is 0. The van der Waals surface area contributed by atoms with Gasteiger partial charge in [0, 0.05) is 12.1 Å². The van der Waals surface area contributed by atoms with Gasteiger partial charge in [-0.05, 0) is 66.6 Å². The van der Waals surface area contributed by atoms with Crippen molar-refractivity contribution in [2.45, 2.75) is 25.2 Å². The molecular weight excluding hydrogens is 302 g/mol. The van der Waals surface area contributed by atoms with Gasteiger partial charge in [-0.2, -0.15) is 0 Å². The summed E-state index contributed by atoms with van der Waals surface area (Å²) in [4.78, 5) is 12.4. The Bertz CT molecular complexity index is 675. The van der Waals surface area contributed by atoms with E-state index in [0.29, 0.717) is 12.3 Å². The number of benzene rings is 2. The summed E-state index contributed by atoms with van der Waals surface area (Å²) < 4.78 is 10.3. The maximum absolute atomic E-state index is 12.4. The lowest BCUT2D eigenvalue weighted by atomic mass is 9.90. The number of carbonyl (C=O) groups is 1. The predicted octanol–water partition coefficient (Wildman–Crippen LogP) is 4.23. The summed E-state index contributed by atoms with van der Waals surface area (Å²) in [5.41, 5.74) is 2.01. The van der Waals surface area contributed by atoms with Crippen molar-refractivity contribution in [2.75, 3.05) is 19.5 Å². The molecule has 0 heterocycles. The van der Waals surface area contributed by atoms with Gasteiger partial charge in [0.25, 0.3) is 0 Å². The monoisotopic (exact) mass is 325 g/mol. The summed E-state index contributed by atoms with van der Waals surface area (Å²) in [5.74, 6) is 2.56. The first-order chi connectivity index (χ1) is 11.7. The Morgan fingerprint density at radius 3 is 2.04 bits per heavy atom. The van der Waals surface area contributed by atoms with Crippen LogP contribution < -0.4 is 14.8 Å². The number of nitrogens with one attached hydrogen (secondary N) is 1. The molecule has 0 bridgehead atoms. The van der Waals surface area contributed by atoms with Gasteiger partial charge < -0.3 is 14.8 Å². The van der Waals surface area contributed by atoms with E-state index in [1.54, 1.807) is 14.2 Å². The van der Waals surface area contributed by atoms with Crippen LogP contribution in [-0.2, 0) is 4.79 Å². The Balaban J connectivity index is 1.65. The average Bonchev–Trinajstić information content (AvgIpc) is 3.45. The van der Waals surface area contributed by atoms with Crippen molar-refractivity contribution in [2.24, 2.45) is 5.92 Å². The molecule has 2 aromatic rings. The van der Waals surface area contributed by atoms with Crippen LogP contribution in [0.15, 0.2) is 48.5 Å². The molecule has 1 amide bonds. The van der Waals surface area contributed by atoms with Crippen LogP contribution in [0.1, 0.15) is 30.7 Å². The molecule has 0 aliphatic heterocycles. The van der Waals surface area contributed by atoms with Gasteiger partial charge >= 0.3 is 0 Å². The molecule has 2 aromatic carbocycles. The Morgan fingerprint density at radius 2 is 1.54 bits per heavy atom. The molecule has 0 spiro atoms. The molecule has 1 fully saturated rings. The molecule has 1 atom stereocenters. The van der Waals surface area contributed by atoms with Crippen LogP contribution >= 0.6 is 0 Å². The molecule has 0 aromatic heterocycles. The van der Waals surface area contributed by atoms with Crippen LogP contribution in [0, 0.1) is 5.92 Å². The molecule has 1 saturated carbocycles. The number of hydrogen-bond acceptors (Lipinski definition) is 3. The van der Waals surface area contributed by atoms with Crippen LogP contribution in [0.25, 0.3) is 0 Å². The highest BCUT2D eigenvalue weighted by Gasteiger charge is 2.33. The van der Waals surface area contributed by atoms with Crippen molar-refractivity contribution < 1.29 is 14.3 Å². The van der Waals surface area contributed by atoms with Crippen molar-refractivity contribution in [3.8, 4) is 11.5 Å². The molecular formula is C20H23NO3.